The van der Waals surface area contributed by atoms with E-state index in [1.165, 1.54) is 0 Å². The van der Waals surface area contributed by atoms with Crippen LogP contribution in [0, 0.1) is 0 Å². The number of carbonyl (C=O) groups is 2. The van der Waals surface area contributed by atoms with Crippen molar-refractivity contribution < 1.29 is 14.0 Å². The molecule has 0 radical (unpaired) electrons. The van der Waals surface area contributed by atoms with Crippen molar-refractivity contribution in [1.29, 1.82) is 0 Å². The van der Waals surface area contributed by atoms with Crippen LogP contribution < -0.4 is 5.32 Å². The van der Waals surface area contributed by atoms with Gasteiger partial charge in [-0.2, -0.15) is 0 Å². The van der Waals surface area contributed by atoms with Gasteiger partial charge in [0.05, 0.1) is 12.3 Å². The van der Waals surface area contributed by atoms with Gasteiger partial charge in [0.1, 0.15) is 5.76 Å². The van der Waals surface area contributed by atoms with Gasteiger partial charge in [0.15, 0.2) is 0 Å². The number of nitrogens with zero attached hydrogens (tertiary/aromatic N) is 1. The normalized spacial score (nSPS) is 18.7. The van der Waals surface area contributed by atoms with E-state index in [0.717, 1.165) is 30.6 Å². The van der Waals surface area contributed by atoms with Crippen LogP contribution in [-0.4, -0.2) is 22.8 Å². The van der Waals surface area contributed by atoms with Crippen molar-refractivity contribution in [3.63, 3.8) is 0 Å². The standard InChI is InChI=1S/C21H26N2O3/c1-16(19-11-7-13-26-19)23(15-17-8-3-2-4-9-17)21(25)14-18-10-5-6-12-20(24)22-18/h2-4,7-9,11,13,16,18H,5-6,10,12,14-15H2,1H3,(H,22,24). The van der Waals surface area contributed by atoms with Crippen molar-refractivity contribution in [2.24, 2.45) is 0 Å². The van der Waals surface area contributed by atoms with Crippen LogP contribution in [0.2, 0.25) is 0 Å². The summed E-state index contributed by atoms with van der Waals surface area (Å²) in [5.41, 5.74) is 1.07. The van der Waals surface area contributed by atoms with Crippen LogP contribution in [0.1, 0.15) is 56.4 Å². The summed E-state index contributed by atoms with van der Waals surface area (Å²) in [4.78, 5) is 26.7. The molecule has 2 amide bonds. The molecule has 1 saturated heterocycles. The van der Waals surface area contributed by atoms with E-state index in [2.05, 4.69) is 5.32 Å². The highest BCUT2D eigenvalue weighted by molar-refractivity contribution is 5.80. The first-order chi connectivity index (χ1) is 12.6. The molecule has 0 bridgehead atoms. The molecule has 0 aliphatic carbocycles. The number of amides is 2. The first kappa shape index (κ1) is 18.2. The molecule has 1 aliphatic rings. The maximum atomic E-state index is 13.1. The predicted octanol–water partition coefficient (Wildman–Crippen LogP) is 3.82. The summed E-state index contributed by atoms with van der Waals surface area (Å²) in [6, 6.07) is 13.4. The number of hydrogen-bond donors (Lipinski definition) is 1. The summed E-state index contributed by atoms with van der Waals surface area (Å²) in [7, 11) is 0. The number of benzene rings is 1. The summed E-state index contributed by atoms with van der Waals surface area (Å²) in [6.45, 7) is 2.49. The quantitative estimate of drug-likeness (QED) is 0.858. The minimum Gasteiger partial charge on any atom is -0.467 e. The average molecular weight is 354 g/mol. The molecule has 1 aromatic heterocycles. The number of rotatable bonds is 6. The van der Waals surface area contributed by atoms with Gasteiger partial charge in [0, 0.05) is 25.4 Å². The molecule has 26 heavy (non-hydrogen) atoms. The lowest BCUT2D eigenvalue weighted by atomic mass is 10.1. The molecule has 0 spiro atoms. The molecule has 2 aromatic rings. The smallest absolute Gasteiger partial charge is 0.225 e. The largest absolute Gasteiger partial charge is 0.467 e. The van der Waals surface area contributed by atoms with Crippen LogP contribution in [-0.2, 0) is 16.1 Å². The van der Waals surface area contributed by atoms with Crippen molar-refractivity contribution in [2.45, 2.75) is 57.7 Å². The Morgan fingerprint density at radius 2 is 2.04 bits per heavy atom. The summed E-state index contributed by atoms with van der Waals surface area (Å²) < 4.78 is 5.53. The molecule has 2 unspecified atom stereocenters. The molecule has 2 atom stereocenters. The highest BCUT2D eigenvalue weighted by Crippen LogP contribution is 2.25. The molecule has 2 heterocycles. The van der Waals surface area contributed by atoms with Gasteiger partial charge in [-0.25, -0.2) is 0 Å². The molecule has 1 fully saturated rings. The number of nitrogens with one attached hydrogen (secondary N) is 1. The zero-order valence-corrected chi connectivity index (χ0v) is 15.2. The molecule has 138 valence electrons. The van der Waals surface area contributed by atoms with Crippen molar-refractivity contribution in [1.82, 2.24) is 10.2 Å². The third-order valence-electron chi connectivity index (χ3n) is 4.93. The first-order valence-electron chi connectivity index (χ1n) is 9.29. The van der Waals surface area contributed by atoms with Gasteiger partial charge in [-0.15, -0.1) is 0 Å². The average Bonchev–Trinajstić information content (AvgIpc) is 3.10. The van der Waals surface area contributed by atoms with E-state index in [9.17, 15) is 9.59 Å². The zero-order chi connectivity index (χ0) is 18.4. The summed E-state index contributed by atoms with van der Waals surface area (Å²) >= 11 is 0. The minimum atomic E-state index is -0.167. The fourth-order valence-electron chi connectivity index (χ4n) is 3.43. The molecular weight excluding hydrogens is 328 g/mol. The van der Waals surface area contributed by atoms with Crippen LogP contribution in [0.25, 0.3) is 0 Å². The minimum absolute atomic E-state index is 0.0324. The maximum absolute atomic E-state index is 13.1. The van der Waals surface area contributed by atoms with Crippen molar-refractivity contribution in [3.05, 3.63) is 60.1 Å². The Labute approximate surface area is 154 Å². The summed E-state index contributed by atoms with van der Waals surface area (Å²) in [5, 5.41) is 2.99. The molecule has 1 aromatic carbocycles. The van der Waals surface area contributed by atoms with Gasteiger partial charge in [0.2, 0.25) is 11.8 Å². The van der Waals surface area contributed by atoms with Gasteiger partial charge >= 0.3 is 0 Å². The van der Waals surface area contributed by atoms with Crippen molar-refractivity contribution >= 4 is 11.8 Å². The van der Waals surface area contributed by atoms with Crippen LogP contribution in [0.3, 0.4) is 0 Å². The predicted molar refractivity (Wildman–Crippen MR) is 99.1 cm³/mol. The third-order valence-corrected chi connectivity index (χ3v) is 4.93. The maximum Gasteiger partial charge on any atom is 0.225 e. The highest BCUT2D eigenvalue weighted by atomic mass is 16.3. The molecule has 5 nitrogen and oxygen atoms in total. The van der Waals surface area contributed by atoms with E-state index >= 15 is 0 Å². The Bertz CT molecular complexity index is 712. The number of carbonyl (C=O) groups excluding carboxylic acids is 2. The van der Waals surface area contributed by atoms with Gasteiger partial charge in [-0.1, -0.05) is 36.8 Å². The zero-order valence-electron chi connectivity index (χ0n) is 15.2. The van der Waals surface area contributed by atoms with E-state index in [-0.39, 0.29) is 23.9 Å². The molecule has 0 saturated carbocycles. The van der Waals surface area contributed by atoms with E-state index in [4.69, 9.17) is 4.42 Å². The monoisotopic (exact) mass is 354 g/mol. The van der Waals surface area contributed by atoms with E-state index in [1.54, 1.807) is 6.26 Å². The lowest BCUT2D eigenvalue weighted by molar-refractivity contribution is -0.135. The second-order valence-electron chi connectivity index (χ2n) is 6.91. The Hall–Kier alpha value is -2.56. The van der Waals surface area contributed by atoms with Crippen LogP contribution in [0.15, 0.2) is 53.1 Å². The molecule has 3 rings (SSSR count). The van der Waals surface area contributed by atoms with E-state index in [0.29, 0.717) is 19.4 Å². The Balaban J connectivity index is 1.75. The van der Waals surface area contributed by atoms with Gasteiger partial charge in [-0.05, 0) is 37.5 Å². The summed E-state index contributed by atoms with van der Waals surface area (Å²) in [5.74, 6) is 0.845. The highest BCUT2D eigenvalue weighted by Gasteiger charge is 2.27. The molecule has 5 heteroatoms. The van der Waals surface area contributed by atoms with Crippen molar-refractivity contribution in [3.8, 4) is 0 Å². The lowest BCUT2D eigenvalue weighted by Gasteiger charge is -2.30. The number of furan rings is 1. The van der Waals surface area contributed by atoms with Gasteiger partial charge in [0.25, 0.3) is 0 Å². The Morgan fingerprint density at radius 3 is 2.77 bits per heavy atom. The SMILES string of the molecule is CC(c1ccco1)N(Cc1ccccc1)C(=O)CC1CCCCC(=O)N1. The fraction of sp³-hybridized carbons (Fsp3) is 0.429. The third kappa shape index (κ3) is 4.75. The van der Waals surface area contributed by atoms with Crippen LogP contribution >= 0.6 is 0 Å². The lowest BCUT2D eigenvalue weighted by Crippen LogP contribution is -2.40. The van der Waals surface area contributed by atoms with Crippen molar-refractivity contribution in [2.75, 3.05) is 0 Å². The first-order valence-corrected chi connectivity index (χ1v) is 9.29. The van der Waals surface area contributed by atoms with E-state index < -0.39 is 0 Å². The van der Waals surface area contributed by atoms with Crippen LogP contribution in [0.4, 0.5) is 0 Å². The topological polar surface area (TPSA) is 62.6 Å². The Morgan fingerprint density at radius 1 is 1.23 bits per heavy atom. The van der Waals surface area contributed by atoms with Gasteiger partial charge in [-0.3, -0.25) is 9.59 Å². The van der Waals surface area contributed by atoms with Gasteiger partial charge < -0.3 is 14.6 Å². The molecular formula is C21H26N2O3. The summed E-state index contributed by atoms with van der Waals surface area (Å²) in [6.07, 6.45) is 5.23. The second kappa shape index (κ2) is 8.70. The molecule has 1 N–H and O–H groups in total. The van der Waals surface area contributed by atoms with Crippen LogP contribution in [0.5, 0.6) is 0 Å². The molecule has 1 aliphatic heterocycles. The second-order valence-corrected chi connectivity index (χ2v) is 6.91. The Kier molecular flexibility index (Phi) is 6.10. The van der Waals surface area contributed by atoms with E-state index in [1.807, 2.05) is 54.3 Å². The number of hydrogen-bond acceptors (Lipinski definition) is 3. The fourth-order valence-corrected chi connectivity index (χ4v) is 3.43.